The van der Waals surface area contributed by atoms with Crippen LogP contribution in [-0.4, -0.2) is 17.4 Å². The van der Waals surface area contributed by atoms with E-state index in [2.05, 4.69) is 28.8 Å². The second-order valence-corrected chi connectivity index (χ2v) is 6.88. The molecule has 1 N–H and O–H groups in total. The molecule has 1 aromatic carbocycles. The summed E-state index contributed by atoms with van der Waals surface area (Å²) in [6, 6.07) is 11.9. The summed E-state index contributed by atoms with van der Waals surface area (Å²) in [6.07, 6.45) is 9.19. The van der Waals surface area contributed by atoms with E-state index in [1.807, 2.05) is 30.3 Å². The number of amides is 1. The van der Waals surface area contributed by atoms with E-state index in [-0.39, 0.29) is 12.5 Å². The molecular weight excluding hydrogens is 328 g/mol. The van der Waals surface area contributed by atoms with E-state index in [4.69, 9.17) is 11.4 Å². The van der Waals surface area contributed by atoms with Crippen molar-refractivity contribution in [3.05, 3.63) is 63.5 Å². The van der Waals surface area contributed by atoms with Crippen LogP contribution < -0.4 is 5.32 Å². The molecule has 0 atom stereocenters. The fourth-order valence-electron chi connectivity index (χ4n) is 3.30. The Hall–Kier alpha value is -2.90. The van der Waals surface area contributed by atoms with Crippen LogP contribution in [0.15, 0.2) is 41.8 Å². The lowest BCUT2D eigenvalue weighted by molar-refractivity contribution is 0.0959. The number of hydrogen-bond acceptors (Lipinski definition) is 3. The number of rotatable bonds is 3. The number of aromatic nitrogens is 1. The van der Waals surface area contributed by atoms with Crippen molar-refractivity contribution in [2.45, 2.75) is 12.8 Å². The molecule has 0 saturated heterocycles. The van der Waals surface area contributed by atoms with Crippen molar-refractivity contribution in [3.63, 3.8) is 0 Å². The summed E-state index contributed by atoms with van der Waals surface area (Å²) in [5.74, 6) is 2.34. The molecule has 0 aliphatic heterocycles. The summed E-state index contributed by atoms with van der Waals surface area (Å²) in [6.45, 7) is 0.224. The lowest BCUT2D eigenvalue weighted by atomic mass is 10.00. The Balaban J connectivity index is 1.90. The second kappa shape index (κ2) is 6.54. The first-order valence-corrected chi connectivity index (χ1v) is 9.03. The first kappa shape index (κ1) is 15.6. The number of pyridine rings is 1. The minimum absolute atomic E-state index is 0.120. The van der Waals surface area contributed by atoms with Crippen LogP contribution in [-0.2, 0) is 6.42 Å². The third-order valence-corrected chi connectivity index (χ3v) is 5.20. The monoisotopic (exact) mass is 344 g/mol. The molecule has 0 spiro atoms. The molecule has 0 fully saturated rings. The Morgan fingerprint density at radius 3 is 2.96 bits per heavy atom. The van der Waals surface area contributed by atoms with Gasteiger partial charge in [0.05, 0.1) is 23.3 Å². The van der Waals surface area contributed by atoms with Gasteiger partial charge in [-0.3, -0.25) is 4.79 Å². The highest BCUT2D eigenvalue weighted by molar-refractivity contribution is 7.10. The van der Waals surface area contributed by atoms with Gasteiger partial charge in [0, 0.05) is 10.3 Å². The van der Waals surface area contributed by atoms with Gasteiger partial charge in [-0.15, -0.1) is 17.8 Å². The first-order valence-electron chi connectivity index (χ1n) is 8.15. The van der Waals surface area contributed by atoms with Crippen LogP contribution in [0.5, 0.6) is 0 Å². The van der Waals surface area contributed by atoms with Crippen molar-refractivity contribution in [2.24, 2.45) is 0 Å². The van der Waals surface area contributed by atoms with Gasteiger partial charge >= 0.3 is 0 Å². The standard InChI is InChI=1S/C21H16N2OS/c1-2-11-22-21(24)19-16-7-3-4-8-18(16)23-20-14(9-10-17(19)20)13-15-6-5-12-25-15/h1,3-8,12-13H,9-11H2,(H,22,24)/b14-13-. The minimum atomic E-state index is -0.120. The summed E-state index contributed by atoms with van der Waals surface area (Å²) in [7, 11) is 0. The van der Waals surface area contributed by atoms with E-state index in [9.17, 15) is 4.79 Å². The number of thiophene rings is 1. The smallest absolute Gasteiger partial charge is 0.253 e. The summed E-state index contributed by atoms with van der Waals surface area (Å²) >= 11 is 1.70. The number of para-hydroxylation sites is 1. The highest BCUT2D eigenvalue weighted by atomic mass is 32.1. The molecule has 3 aromatic rings. The zero-order chi connectivity index (χ0) is 17.2. The molecule has 4 heteroatoms. The average molecular weight is 344 g/mol. The number of allylic oxidation sites excluding steroid dienone is 1. The van der Waals surface area contributed by atoms with Gasteiger partial charge in [0.25, 0.3) is 5.91 Å². The van der Waals surface area contributed by atoms with E-state index in [1.54, 1.807) is 11.3 Å². The molecule has 4 rings (SSSR count). The third-order valence-electron chi connectivity index (χ3n) is 4.38. The molecule has 1 aliphatic rings. The number of carbonyl (C=O) groups excluding carboxylic acids is 1. The van der Waals surface area contributed by atoms with Crippen molar-refractivity contribution in [1.82, 2.24) is 10.3 Å². The van der Waals surface area contributed by atoms with Crippen molar-refractivity contribution in [3.8, 4) is 12.3 Å². The molecular formula is C21H16N2OS. The van der Waals surface area contributed by atoms with Crippen LogP contribution >= 0.6 is 11.3 Å². The zero-order valence-corrected chi connectivity index (χ0v) is 14.4. The van der Waals surface area contributed by atoms with Crippen molar-refractivity contribution < 1.29 is 4.79 Å². The topological polar surface area (TPSA) is 42.0 Å². The van der Waals surface area contributed by atoms with Gasteiger partial charge in [-0.2, -0.15) is 0 Å². The molecule has 1 amide bonds. The van der Waals surface area contributed by atoms with Crippen LogP contribution in [0.3, 0.4) is 0 Å². The van der Waals surface area contributed by atoms with Crippen LogP contribution in [0, 0.1) is 12.3 Å². The second-order valence-electron chi connectivity index (χ2n) is 5.90. The predicted octanol–water partition coefficient (Wildman–Crippen LogP) is 4.15. The van der Waals surface area contributed by atoms with Gasteiger partial charge in [0.15, 0.2) is 0 Å². The number of benzene rings is 1. The number of fused-ring (bicyclic) bond motifs is 2. The molecule has 3 nitrogen and oxygen atoms in total. The maximum absolute atomic E-state index is 12.7. The molecule has 0 radical (unpaired) electrons. The summed E-state index contributed by atoms with van der Waals surface area (Å²) in [4.78, 5) is 18.8. The lowest BCUT2D eigenvalue weighted by Gasteiger charge is -2.12. The van der Waals surface area contributed by atoms with Crippen molar-refractivity contribution >= 4 is 39.8 Å². The van der Waals surface area contributed by atoms with E-state index in [0.717, 1.165) is 35.0 Å². The number of nitrogens with one attached hydrogen (secondary N) is 1. The highest BCUT2D eigenvalue weighted by Gasteiger charge is 2.26. The number of terminal acetylenes is 1. The van der Waals surface area contributed by atoms with Gasteiger partial charge in [-0.1, -0.05) is 30.2 Å². The van der Waals surface area contributed by atoms with Crippen molar-refractivity contribution in [2.75, 3.05) is 6.54 Å². The van der Waals surface area contributed by atoms with Gasteiger partial charge in [0.2, 0.25) is 0 Å². The summed E-state index contributed by atoms with van der Waals surface area (Å²) in [5.41, 5.74) is 4.71. The summed E-state index contributed by atoms with van der Waals surface area (Å²) in [5, 5.41) is 5.76. The Morgan fingerprint density at radius 1 is 1.28 bits per heavy atom. The fraction of sp³-hybridized carbons (Fsp3) is 0.143. The van der Waals surface area contributed by atoms with Gasteiger partial charge in [-0.05, 0) is 47.6 Å². The van der Waals surface area contributed by atoms with Crippen LogP contribution in [0.2, 0.25) is 0 Å². The Morgan fingerprint density at radius 2 is 2.16 bits per heavy atom. The molecule has 25 heavy (non-hydrogen) atoms. The van der Waals surface area contributed by atoms with Crippen LogP contribution in [0.1, 0.15) is 32.9 Å². The van der Waals surface area contributed by atoms with Crippen LogP contribution in [0.25, 0.3) is 22.6 Å². The normalized spacial score (nSPS) is 14.4. The van der Waals surface area contributed by atoms with Gasteiger partial charge in [0.1, 0.15) is 0 Å². The Kier molecular flexibility index (Phi) is 4.09. The molecule has 1 aliphatic carbocycles. The lowest BCUT2D eigenvalue weighted by Crippen LogP contribution is -2.25. The third kappa shape index (κ3) is 2.84. The molecule has 122 valence electrons. The molecule has 2 aromatic heterocycles. The number of hydrogen-bond donors (Lipinski definition) is 1. The minimum Gasteiger partial charge on any atom is -0.341 e. The largest absolute Gasteiger partial charge is 0.341 e. The van der Waals surface area contributed by atoms with E-state index < -0.39 is 0 Å². The maximum Gasteiger partial charge on any atom is 0.253 e. The van der Waals surface area contributed by atoms with Crippen molar-refractivity contribution in [1.29, 1.82) is 0 Å². The van der Waals surface area contributed by atoms with E-state index in [1.165, 1.54) is 10.5 Å². The Labute approximate surface area is 150 Å². The first-order chi connectivity index (χ1) is 12.3. The molecule has 2 heterocycles. The fourth-order valence-corrected chi connectivity index (χ4v) is 3.98. The summed E-state index contributed by atoms with van der Waals surface area (Å²) < 4.78 is 0. The van der Waals surface area contributed by atoms with Crippen LogP contribution in [0.4, 0.5) is 0 Å². The highest BCUT2D eigenvalue weighted by Crippen LogP contribution is 2.37. The predicted molar refractivity (Wildman–Crippen MR) is 103 cm³/mol. The molecule has 0 unspecified atom stereocenters. The average Bonchev–Trinajstić information content (AvgIpc) is 3.28. The quantitative estimate of drug-likeness (QED) is 0.726. The molecule has 0 saturated carbocycles. The Bertz CT molecular complexity index is 1030. The number of carbonyl (C=O) groups is 1. The molecule has 0 bridgehead atoms. The van der Waals surface area contributed by atoms with Gasteiger partial charge < -0.3 is 5.32 Å². The number of nitrogens with zero attached hydrogens (tertiary/aromatic N) is 1. The zero-order valence-electron chi connectivity index (χ0n) is 13.6. The van der Waals surface area contributed by atoms with E-state index >= 15 is 0 Å². The maximum atomic E-state index is 12.7. The SMILES string of the molecule is C#CCNC(=O)c1c2c(nc3ccccc13)/C(=C\c1cccs1)CC2. The van der Waals surface area contributed by atoms with E-state index in [0.29, 0.717) is 5.56 Å². The van der Waals surface area contributed by atoms with Gasteiger partial charge in [-0.25, -0.2) is 4.98 Å².